The van der Waals surface area contributed by atoms with E-state index in [1.807, 2.05) is 18.8 Å². The van der Waals surface area contributed by atoms with E-state index in [1.165, 1.54) is 4.88 Å². The molecule has 1 aromatic heterocycles. The van der Waals surface area contributed by atoms with E-state index in [1.54, 1.807) is 11.3 Å². The largest absolute Gasteiger partial charge is 0.377 e. The second-order valence-corrected chi connectivity index (χ2v) is 5.63. The van der Waals surface area contributed by atoms with Gasteiger partial charge in [0, 0.05) is 30.6 Å². The van der Waals surface area contributed by atoms with Gasteiger partial charge in [-0.3, -0.25) is 4.98 Å². The fraction of sp³-hybridized carbons (Fsp3) is 0.786. The number of hydrogen-bond donors (Lipinski definition) is 1. The normalized spacial score (nSPS) is 13.8. The molecule has 1 atom stereocenters. The first-order valence-corrected chi connectivity index (χ1v) is 7.76. The molecule has 3 nitrogen and oxygen atoms in total. The molecule has 1 heterocycles. The maximum Gasteiger partial charge on any atom is 0.0829 e. The summed E-state index contributed by atoms with van der Waals surface area (Å²) in [5, 5.41) is 3.66. The van der Waals surface area contributed by atoms with Crippen LogP contribution < -0.4 is 5.32 Å². The van der Waals surface area contributed by atoms with Crippen molar-refractivity contribution in [1.29, 1.82) is 0 Å². The Morgan fingerprint density at radius 3 is 2.56 bits per heavy atom. The van der Waals surface area contributed by atoms with Crippen molar-refractivity contribution in [1.82, 2.24) is 10.3 Å². The Labute approximate surface area is 115 Å². The van der Waals surface area contributed by atoms with Crippen LogP contribution in [0.1, 0.15) is 44.9 Å². The molecule has 1 N–H and O–H groups in total. The van der Waals surface area contributed by atoms with Gasteiger partial charge in [0.25, 0.3) is 0 Å². The minimum Gasteiger partial charge on any atom is -0.377 e. The van der Waals surface area contributed by atoms with E-state index in [0.717, 1.165) is 32.2 Å². The van der Waals surface area contributed by atoms with Gasteiger partial charge in [-0.2, -0.15) is 0 Å². The van der Waals surface area contributed by atoms with E-state index in [9.17, 15) is 0 Å². The number of thiazole rings is 1. The van der Waals surface area contributed by atoms with E-state index < -0.39 is 0 Å². The third-order valence-electron chi connectivity index (χ3n) is 3.77. The highest BCUT2D eigenvalue weighted by Gasteiger charge is 2.35. The van der Waals surface area contributed by atoms with Crippen LogP contribution in [0.15, 0.2) is 11.7 Å². The van der Waals surface area contributed by atoms with E-state index >= 15 is 0 Å². The highest BCUT2D eigenvalue weighted by molar-refractivity contribution is 7.09. The molecule has 0 saturated carbocycles. The van der Waals surface area contributed by atoms with Crippen molar-refractivity contribution < 1.29 is 4.74 Å². The van der Waals surface area contributed by atoms with Gasteiger partial charge in [0.05, 0.1) is 11.1 Å². The minimum atomic E-state index is -0.0703. The van der Waals surface area contributed by atoms with Crippen molar-refractivity contribution in [2.45, 2.75) is 58.1 Å². The summed E-state index contributed by atoms with van der Waals surface area (Å²) in [4.78, 5) is 5.49. The van der Waals surface area contributed by atoms with Crippen LogP contribution in [0.4, 0.5) is 0 Å². The number of nitrogens with one attached hydrogen (secondary N) is 1. The fourth-order valence-electron chi connectivity index (χ4n) is 2.48. The quantitative estimate of drug-likeness (QED) is 0.748. The Morgan fingerprint density at radius 2 is 2.11 bits per heavy atom. The van der Waals surface area contributed by atoms with E-state index in [2.05, 4.69) is 31.1 Å². The van der Waals surface area contributed by atoms with Gasteiger partial charge in [-0.05, 0) is 25.8 Å². The third kappa shape index (κ3) is 3.77. The molecule has 0 radical (unpaired) electrons. The van der Waals surface area contributed by atoms with Crippen molar-refractivity contribution in [3.8, 4) is 0 Å². The van der Waals surface area contributed by atoms with Crippen molar-refractivity contribution in [3.63, 3.8) is 0 Å². The highest BCUT2D eigenvalue weighted by Crippen LogP contribution is 2.27. The molecular weight excluding hydrogens is 244 g/mol. The van der Waals surface area contributed by atoms with Crippen molar-refractivity contribution in [2.24, 2.45) is 0 Å². The van der Waals surface area contributed by atoms with Gasteiger partial charge >= 0.3 is 0 Å². The Balaban J connectivity index is 2.81. The first kappa shape index (κ1) is 15.6. The topological polar surface area (TPSA) is 34.2 Å². The number of hydrogen-bond acceptors (Lipinski definition) is 4. The molecule has 104 valence electrons. The smallest absolute Gasteiger partial charge is 0.0829 e. The molecule has 4 heteroatoms. The van der Waals surface area contributed by atoms with Gasteiger partial charge < -0.3 is 10.1 Å². The zero-order chi connectivity index (χ0) is 13.4. The molecule has 0 aromatic carbocycles. The lowest BCUT2D eigenvalue weighted by Gasteiger charge is -2.39. The van der Waals surface area contributed by atoms with Gasteiger partial charge in [-0.25, -0.2) is 0 Å². The average molecular weight is 270 g/mol. The molecular formula is C14H26N2OS. The van der Waals surface area contributed by atoms with E-state index in [0.29, 0.717) is 6.04 Å². The molecule has 0 aliphatic rings. The highest BCUT2D eigenvalue weighted by atomic mass is 32.1. The summed E-state index contributed by atoms with van der Waals surface area (Å²) >= 11 is 1.73. The number of aromatic nitrogens is 1. The van der Waals surface area contributed by atoms with Crippen LogP contribution in [0, 0.1) is 0 Å². The minimum absolute atomic E-state index is 0.0703. The fourth-order valence-corrected chi connectivity index (χ4v) is 3.12. The van der Waals surface area contributed by atoms with E-state index in [-0.39, 0.29) is 5.60 Å². The summed E-state index contributed by atoms with van der Waals surface area (Å²) in [7, 11) is 1.83. The van der Waals surface area contributed by atoms with Crippen LogP contribution in [0.25, 0.3) is 0 Å². The molecule has 0 fully saturated rings. The monoisotopic (exact) mass is 270 g/mol. The van der Waals surface area contributed by atoms with Crippen molar-refractivity contribution >= 4 is 11.3 Å². The summed E-state index contributed by atoms with van der Waals surface area (Å²) in [5.41, 5.74) is 1.83. The van der Waals surface area contributed by atoms with Gasteiger partial charge in [-0.15, -0.1) is 11.3 Å². The summed E-state index contributed by atoms with van der Waals surface area (Å²) in [6.07, 6.45) is 6.17. The molecule has 0 aliphatic carbocycles. The van der Waals surface area contributed by atoms with Crippen LogP contribution in [0.2, 0.25) is 0 Å². The molecule has 0 amide bonds. The molecule has 1 rings (SSSR count). The zero-order valence-electron chi connectivity index (χ0n) is 12.0. The van der Waals surface area contributed by atoms with Crippen LogP contribution in [0.5, 0.6) is 0 Å². The zero-order valence-corrected chi connectivity index (χ0v) is 12.8. The summed E-state index contributed by atoms with van der Waals surface area (Å²) in [5.74, 6) is 0. The Kier molecular flexibility index (Phi) is 6.82. The lowest BCUT2D eigenvalue weighted by Crippen LogP contribution is -2.52. The molecule has 1 unspecified atom stereocenters. The predicted molar refractivity (Wildman–Crippen MR) is 78.2 cm³/mol. The Hall–Kier alpha value is -0.450. The summed E-state index contributed by atoms with van der Waals surface area (Å²) in [6.45, 7) is 7.65. The summed E-state index contributed by atoms with van der Waals surface area (Å²) in [6, 6.07) is 0.359. The van der Waals surface area contributed by atoms with Crippen LogP contribution in [-0.2, 0) is 11.2 Å². The van der Waals surface area contributed by atoms with Gasteiger partial charge in [0.15, 0.2) is 0 Å². The SMILES string of the molecule is CCCNC(Cc1cncs1)C(CC)(CC)OC. The number of rotatable bonds is 9. The van der Waals surface area contributed by atoms with Crippen LogP contribution in [0.3, 0.4) is 0 Å². The van der Waals surface area contributed by atoms with Crippen molar-refractivity contribution in [2.75, 3.05) is 13.7 Å². The van der Waals surface area contributed by atoms with Gasteiger partial charge in [-0.1, -0.05) is 20.8 Å². The Bertz CT molecular complexity index is 301. The molecule has 1 aromatic rings. The summed E-state index contributed by atoms with van der Waals surface area (Å²) < 4.78 is 5.87. The lowest BCUT2D eigenvalue weighted by molar-refractivity contribution is -0.0470. The lowest BCUT2D eigenvalue weighted by atomic mass is 9.85. The molecule has 0 saturated heterocycles. The van der Waals surface area contributed by atoms with Crippen LogP contribution in [-0.4, -0.2) is 30.3 Å². The van der Waals surface area contributed by atoms with E-state index in [4.69, 9.17) is 4.74 Å². The average Bonchev–Trinajstić information content (AvgIpc) is 2.91. The first-order chi connectivity index (χ1) is 8.72. The number of ether oxygens (including phenoxy) is 1. The molecule has 0 spiro atoms. The predicted octanol–water partition coefficient (Wildman–Crippen LogP) is 3.26. The first-order valence-electron chi connectivity index (χ1n) is 6.88. The van der Waals surface area contributed by atoms with Gasteiger partial charge in [0.2, 0.25) is 0 Å². The van der Waals surface area contributed by atoms with Crippen molar-refractivity contribution in [3.05, 3.63) is 16.6 Å². The molecule has 0 bridgehead atoms. The van der Waals surface area contributed by atoms with Crippen LogP contribution >= 0.6 is 11.3 Å². The standard InChI is InChI=1S/C14H26N2OS/c1-5-8-16-13(9-12-10-15-11-18-12)14(6-2,7-3)17-4/h10-11,13,16H,5-9H2,1-4H3. The second-order valence-electron chi connectivity index (χ2n) is 4.65. The number of nitrogens with zero attached hydrogens (tertiary/aromatic N) is 1. The third-order valence-corrected chi connectivity index (χ3v) is 4.57. The maximum atomic E-state index is 5.87. The van der Waals surface area contributed by atoms with Gasteiger partial charge in [0.1, 0.15) is 0 Å². The Morgan fingerprint density at radius 1 is 1.39 bits per heavy atom. The number of methoxy groups -OCH3 is 1. The maximum absolute atomic E-state index is 5.87. The molecule has 18 heavy (non-hydrogen) atoms. The second kappa shape index (κ2) is 7.87. The molecule has 0 aliphatic heterocycles.